The van der Waals surface area contributed by atoms with Gasteiger partial charge in [-0.15, -0.1) is 0 Å². The highest BCUT2D eigenvalue weighted by molar-refractivity contribution is 5.96. The number of anilines is 4. The molecule has 7 heteroatoms. The van der Waals surface area contributed by atoms with Crippen LogP contribution in [0.15, 0.2) is 54.6 Å². The molecular formula is C21H20N4O3. The highest BCUT2D eigenvalue weighted by Gasteiger charge is 2.12. The molecule has 1 heterocycles. The molecule has 0 aliphatic heterocycles. The summed E-state index contributed by atoms with van der Waals surface area (Å²) in [6.07, 6.45) is 0. The summed E-state index contributed by atoms with van der Waals surface area (Å²) in [6, 6.07) is 15.9. The maximum Gasteiger partial charge on any atom is 0.339 e. The number of nitrogens with one attached hydrogen (secondary N) is 2. The number of carbonyl (C=O) groups is 2. The number of carbonyl (C=O) groups excluding carboxylic acids is 2. The Morgan fingerprint density at radius 1 is 0.929 bits per heavy atom. The van der Waals surface area contributed by atoms with E-state index in [-0.39, 0.29) is 5.78 Å². The molecule has 0 unspecified atom stereocenters. The fourth-order valence-electron chi connectivity index (χ4n) is 2.68. The van der Waals surface area contributed by atoms with E-state index in [1.807, 2.05) is 12.1 Å². The van der Waals surface area contributed by atoms with Gasteiger partial charge in [-0.3, -0.25) is 4.79 Å². The lowest BCUT2D eigenvalue weighted by molar-refractivity contribution is 0.0601. The maximum absolute atomic E-state index is 12.0. The van der Waals surface area contributed by atoms with Gasteiger partial charge in [-0.05, 0) is 38.1 Å². The molecule has 0 radical (unpaired) electrons. The van der Waals surface area contributed by atoms with Crippen molar-refractivity contribution in [3.05, 3.63) is 71.5 Å². The molecule has 2 aromatic carbocycles. The van der Waals surface area contributed by atoms with Gasteiger partial charge in [0, 0.05) is 17.3 Å². The SMILES string of the molecule is COC(=O)c1ccccc1Nc1cc(Nc2cccc(C(C)=O)c2)nc(C)n1. The van der Waals surface area contributed by atoms with Gasteiger partial charge in [0.05, 0.1) is 18.4 Å². The zero-order valence-corrected chi connectivity index (χ0v) is 15.8. The number of ether oxygens (including phenoxy) is 1. The first-order valence-electron chi connectivity index (χ1n) is 8.64. The largest absolute Gasteiger partial charge is 0.465 e. The number of methoxy groups -OCH3 is 1. The second-order valence-corrected chi connectivity index (χ2v) is 6.11. The smallest absolute Gasteiger partial charge is 0.339 e. The van der Waals surface area contributed by atoms with Crippen molar-refractivity contribution in [2.45, 2.75) is 13.8 Å². The lowest BCUT2D eigenvalue weighted by Crippen LogP contribution is -2.07. The van der Waals surface area contributed by atoms with Gasteiger partial charge in [0.1, 0.15) is 17.5 Å². The summed E-state index contributed by atoms with van der Waals surface area (Å²) >= 11 is 0. The van der Waals surface area contributed by atoms with Crippen molar-refractivity contribution < 1.29 is 14.3 Å². The molecule has 0 amide bonds. The van der Waals surface area contributed by atoms with E-state index >= 15 is 0 Å². The van der Waals surface area contributed by atoms with E-state index in [1.54, 1.807) is 49.4 Å². The number of aryl methyl sites for hydroxylation is 1. The Morgan fingerprint density at radius 2 is 1.64 bits per heavy atom. The number of para-hydroxylation sites is 1. The number of benzene rings is 2. The third-order valence-corrected chi connectivity index (χ3v) is 3.97. The van der Waals surface area contributed by atoms with Gasteiger partial charge in [-0.2, -0.15) is 0 Å². The topological polar surface area (TPSA) is 93.2 Å². The Bertz CT molecular complexity index is 1030. The van der Waals surface area contributed by atoms with Crippen LogP contribution in [-0.2, 0) is 4.74 Å². The molecule has 2 N–H and O–H groups in total. The van der Waals surface area contributed by atoms with E-state index in [2.05, 4.69) is 20.6 Å². The first-order valence-corrected chi connectivity index (χ1v) is 8.64. The Hall–Kier alpha value is -3.74. The molecule has 142 valence electrons. The zero-order valence-electron chi connectivity index (χ0n) is 15.8. The van der Waals surface area contributed by atoms with E-state index in [1.165, 1.54) is 14.0 Å². The monoisotopic (exact) mass is 376 g/mol. The van der Waals surface area contributed by atoms with Crippen LogP contribution in [0.1, 0.15) is 33.5 Å². The van der Waals surface area contributed by atoms with Crippen LogP contribution in [0.25, 0.3) is 0 Å². The molecule has 7 nitrogen and oxygen atoms in total. The first-order chi connectivity index (χ1) is 13.5. The molecule has 3 aromatic rings. The van der Waals surface area contributed by atoms with E-state index in [0.717, 1.165) is 5.69 Å². The van der Waals surface area contributed by atoms with E-state index in [9.17, 15) is 9.59 Å². The summed E-state index contributed by atoms with van der Waals surface area (Å²) in [5.74, 6) is 1.18. The number of nitrogens with zero attached hydrogens (tertiary/aromatic N) is 2. The highest BCUT2D eigenvalue weighted by Crippen LogP contribution is 2.23. The number of hydrogen-bond donors (Lipinski definition) is 2. The van der Waals surface area contributed by atoms with Gasteiger partial charge in [0.2, 0.25) is 0 Å². The summed E-state index contributed by atoms with van der Waals surface area (Å²) in [5.41, 5.74) is 2.34. The molecule has 0 atom stereocenters. The lowest BCUT2D eigenvalue weighted by atomic mass is 10.1. The molecule has 0 fully saturated rings. The fourth-order valence-corrected chi connectivity index (χ4v) is 2.68. The third-order valence-electron chi connectivity index (χ3n) is 3.97. The maximum atomic E-state index is 12.0. The Kier molecular flexibility index (Phi) is 5.64. The van der Waals surface area contributed by atoms with Crippen molar-refractivity contribution in [1.29, 1.82) is 0 Å². The van der Waals surface area contributed by atoms with Gasteiger partial charge in [-0.1, -0.05) is 24.3 Å². The zero-order chi connectivity index (χ0) is 20.1. The van der Waals surface area contributed by atoms with Crippen molar-refractivity contribution >= 4 is 34.8 Å². The second kappa shape index (κ2) is 8.30. The summed E-state index contributed by atoms with van der Waals surface area (Å²) in [7, 11) is 1.34. The Labute approximate surface area is 162 Å². The predicted molar refractivity (Wildman–Crippen MR) is 108 cm³/mol. The van der Waals surface area contributed by atoms with Crippen molar-refractivity contribution in [3.8, 4) is 0 Å². The number of esters is 1. The average molecular weight is 376 g/mol. The minimum Gasteiger partial charge on any atom is -0.465 e. The van der Waals surface area contributed by atoms with Gasteiger partial charge in [0.25, 0.3) is 0 Å². The van der Waals surface area contributed by atoms with Crippen LogP contribution < -0.4 is 10.6 Å². The summed E-state index contributed by atoms with van der Waals surface area (Å²) in [5, 5.41) is 6.32. The quantitative estimate of drug-likeness (QED) is 0.490. The number of hydrogen-bond acceptors (Lipinski definition) is 7. The fraction of sp³-hybridized carbons (Fsp3) is 0.143. The molecule has 0 saturated heterocycles. The van der Waals surface area contributed by atoms with Crippen LogP contribution in [0, 0.1) is 6.92 Å². The highest BCUT2D eigenvalue weighted by atomic mass is 16.5. The molecule has 0 saturated carbocycles. The van der Waals surface area contributed by atoms with Gasteiger partial charge in [0.15, 0.2) is 5.78 Å². The van der Waals surface area contributed by atoms with Crippen molar-refractivity contribution in [2.24, 2.45) is 0 Å². The van der Waals surface area contributed by atoms with Crippen molar-refractivity contribution in [2.75, 3.05) is 17.7 Å². The molecule has 0 spiro atoms. The van der Waals surface area contributed by atoms with Crippen molar-refractivity contribution in [1.82, 2.24) is 9.97 Å². The van der Waals surface area contributed by atoms with Crippen LogP contribution >= 0.6 is 0 Å². The van der Waals surface area contributed by atoms with Crippen LogP contribution in [0.2, 0.25) is 0 Å². The average Bonchev–Trinajstić information content (AvgIpc) is 2.67. The minimum absolute atomic E-state index is 0.00992. The molecule has 1 aromatic heterocycles. The molecule has 0 aliphatic carbocycles. The normalized spacial score (nSPS) is 10.2. The first kappa shape index (κ1) is 19.0. The molecule has 0 aliphatic rings. The summed E-state index contributed by atoms with van der Waals surface area (Å²) in [4.78, 5) is 32.3. The van der Waals surface area contributed by atoms with Gasteiger partial charge < -0.3 is 15.4 Å². The number of aromatic nitrogens is 2. The van der Waals surface area contributed by atoms with E-state index < -0.39 is 5.97 Å². The number of rotatable bonds is 6. The van der Waals surface area contributed by atoms with Gasteiger partial charge >= 0.3 is 5.97 Å². The second-order valence-electron chi connectivity index (χ2n) is 6.11. The number of ketones is 1. The Balaban J connectivity index is 1.88. The number of Topliss-reactive ketones (excluding diaryl/α,β-unsaturated/α-hetero) is 1. The van der Waals surface area contributed by atoms with Crippen LogP contribution in [-0.4, -0.2) is 28.8 Å². The molecule has 28 heavy (non-hydrogen) atoms. The molecular weight excluding hydrogens is 356 g/mol. The Morgan fingerprint density at radius 3 is 2.36 bits per heavy atom. The van der Waals surface area contributed by atoms with E-state index in [4.69, 9.17) is 4.74 Å². The van der Waals surface area contributed by atoms with Crippen LogP contribution in [0.3, 0.4) is 0 Å². The van der Waals surface area contributed by atoms with E-state index in [0.29, 0.717) is 34.3 Å². The lowest BCUT2D eigenvalue weighted by Gasteiger charge is -2.12. The van der Waals surface area contributed by atoms with Gasteiger partial charge in [-0.25, -0.2) is 14.8 Å². The van der Waals surface area contributed by atoms with Crippen LogP contribution in [0.5, 0.6) is 0 Å². The molecule has 3 rings (SSSR count). The third kappa shape index (κ3) is 4.50. The minimum atomic E-state index is -0.437. The standard InChI is InChI=1S/C21H20N4O3/c1-13(26)15-7-6-8-16(11-15)24-19-12-20(23-14(2)22-19)25-18-10-5-4-9-17(18)21(27)28-3/h4-12H,1-3H3,(H2,22,23,24,25). The van der Waals surface area contributed by atoms with Crippen LogP contribution in [0.4, 0.5) is 23.0 Å². The molecule has 0 bridgehead atoms. The predicted octanol–water partition coefficient (Wildman–Crippen LogP) is 4.26. The van der Waals surface area contributed by atoms with Crippen molar-refractivity contribution in [3.63, 3.8) is 0 Å². The summed E-state index contributed by atoms with van der Waals surface area (Å²) in [6.45, 7) is 3.29. The summed E-state index contributed by atoms with van der Waals surface area (Å²) < 4.78 is 4.82.